The van der Waals surface area contributed by atoms with Crippen molar-refractivity contribution < 1.29 is 12.8 Å². The normalized spacial score (nSPS) is 11.7. The van der Waals surface area contributed by atoms with Gasteiger partial charge in [-0.05, 0) is 47.4 Å². The summed E-state index contributed by atoms with van der Waals surface area (Å²) < 4.78 is 41.3. The molecule has 2 aromatic carbocycles. The zero-order valence-electron chi connectivity index (χ0n) is 15.0. The van der Waals surface area contributed by atoms with E-state index in [2.05, 4.69) is 11.9 Å². The van der Waals surface area contributed by atoms with Gasteiger partial charge in [-0.1, -0.05) is 43.3 Å². The Hall–Kier alpha value is -2.57. The van der Waals surface area contributed by atoms with E-state index < -0.39 is 15.8 Å². The average Bonchev–Trinajstić information content (AvgIpc) is 2.69. The fourth-order valence-electron chi connectivity index (χ4n) is 2.78. The van der Waals surface area contributed by atoms with Gasteiger partial charge in [0.2, 0.25) is 10.0 Å². The Labute approximate surface area is 159 Å². The standard InChI is InChI=1S/C21H21FN2O2S/c1-2-17-8-10-18(11-9-17)15-24(16-19-5-4-12-23-14-19)27(25,26)21-7-3-6-20(22)13-21/h3-14H,2,15-16H2,1H3. The van der Waals surface area contributed by atoms with Crippen LogP contribution in [0.15, 0.2) is 78.0 Å². The number of pyridine rings is 1. The van der Waals surface area contributed by atoms with Crippen LogP contribution in [-0.4, -0.2) is 17.7 Å². The average molecular weight is 384 g/mol. The maximum absolute atomic E-state index is 13.6. The van der Waals surface area contributed by atoms with Crippen LogP contribution in [0.25, 0.3) is 0 Å². The molecule has 3 aromatic rings. The summed E-state index contributed by atoms with van der Waals surface area (Å²) in [4.78, 5) is 4.00. The van der Waals surface area contributed by atoms with Crippen LogP contribution >= 0.6 is 0 Å². The molecule has 0 bridgehead atoms. The third kappa shape index (κ3) is 4.78. The second kappa shape index (κ2) is 8.41. The minimum absolute atomic E-state index is 0.0587. The second-order valence-electron chi connectivity index (χ2n) is 6.26. The smallest absolute Gasteiger partial charge is 0.243 e. The zero-order valence-corrected chi connectivity index (χ0v) is 15.9. The molecule has 0 amide bonds. The summed E-state index contributed by atoms with van der Waals surface area (Å²) in [6, 6.07) is 16.5. The Morgan fingerprint density at radius 3 is 2.26 bits per heavy atom. The van der Waals surface area contributed by atoms with E-state index in [1.165, 1.54) is 28.1 Å². The molecule has 0 spiro atoms. The lowest BCUT2D eigenvalue weighted by molar-refractivity contribution is 0.400. The number of aryl methyl sites for hydroxylation is 1. The number of hydrogen-bond acceptors (Lipinski definition) is 3. The van der Waals surface area contributed by atoms with E-state index in [0.717, 1.165) is 23.6 Å². The highest BCUT2D eigenvalue weighted by Crippen LogP contribution is 2.22. The van der Waals surface area contributed by atoms with Gasteiger partial charge in [0, 0.05) is 25.5 Å². The zero-order chi connectivity index (χ0) is 19.3. The summed E-state index contributed by atoms with van der Waals surface area (Å²) in [7, 11) is -3.87. The van der Waals surface area contributed by atoms with Crippen LogP contribution in [0.3, 0.4) is 0 Å². The molecule has 0 fully saturated rings. The van der Waals surface area contributed by atoms with Crippen molar-refractivity contribution >= 4 is 10.0 Å². The molecule has 27 heavy (non-hydrogen) atoms. The quantitative estimate of drug-likeness (QED) is 0.614. The SMILES string of the molecule is CCc1ccc(CN(Cc2cccnc2)S(=O)(=O)c2cccc(F)c2)cc1. The summed E-state index contributed by atoms with van der Waals surface area (Å²) in [6.07, 6.45) is 4.19. The fourth-order valence-corrected chi connectivity index (χ4v) is 4.23. The fraction of sp³-hybridized carbons (Fsp3) is 0.190. The minimum Gasteiger partial charge on any atom is -0.264 e. The lowest BCUT2D eigenvalue weighted by atomic mass is 10.1. The molecule has 1 heterocycles. The van der Waals surface area contributed by atoms with Crippen molar-refractivity contribution in [2.75, 3.05) is 0 Å². The van der Waals surface area contributed by atoms with E-state index in [1.807, 2.05) is 30.3 Å². The Morgan fingerprint density at radius 1 is 0.926 bits per heavy atom. The van der Waals surface area contributed by atoms with Gasteiger partial charge in [-0.2, -0.15) is 4.31 Å². The van der Waals surface area contributed by atoms with Crippen LogP contribution in [0.5, 0.6) is 0 Å². The first-order chi connectivity index (χ1) is 13.0. The van der Waals surface area contributed by atoms with E-state index in [-0.39, 0.29) is 18.0 Å². The molecule has 0 aliphatic carbocycles. The summed E-state index contributed by atoms with van der Waals surface area (Å²) in [5, 5.41) is 0. The van der Waals surface area contributed by atoms with Gasteiger partial charge in [-0.25, -0.2) is 12.8 Å². The van der Waals surface area contributed by atoms with Crippen molar-refractivity contribution in [1.82, 2.24) is 9.29 Å². The summed E-state index contributed by atoms with van der Waals surface area (Å²) >= 11 is 0. The van der Waals surface area contributed by atoms with Crippen molar-refractivity contribution in [3.63, 3.8) is 0 Å². The molecule has 0 aliphatic heterocycles. The number of benzene rings is 2. The van der Waals surface area contributed by atoms with Crippen LogP contribution in [0.1, 0.15) is 23.6 Å². The predicted molar refractivity (Wildman–Crippen MR) is 103 cm³/mol. The maximum Gasteiger partial charge on any atom is 0.243 e. The van der Waals surface area contributed by atoms with E-state index in [9.17, 15) is 12.8 Å². The highest BCUT2D eigenvalue weighted by atomic mass is 32.2. The largest absolute Gasteiger partial charge is 0.264 e. The van der Waals surface area contributed by atoms with Crippen molar-refractivity contribution in [1.29, 1.82) is 0 Å². The predicted octanol–water partition coefficient (Wildman–Crippen LogP) is 4.17. The molecule has 0 saturated heterocycles. The van der Waals surface area contributed by atoms with Crippen LogP contribution in [0.4, 0.5) is 4.39 Å². The molecule has 4 nitrogen and oxygen atoms in total. The first kappa shape index (κ1) is 19.2. The highest BCUT2D eigenvalue weighted by molar-refractivity contribution is 7.89. The third-order valence-electron chi connectivity index (χ3n) is 4.31. The lowest BCUT2D eigenvalue weighted by Crippen LogP contribution is -2.30. The summed E-state index contributed by atoms with van der Waals surface area (Å²) in [5.41, 5.74) is 2.82. The molecular weight excluding hydrogens is 363 g/mol. The minimum atomic E-state index is -3.87. The van der Waals surface area contributed by atoms with E-state index >= 15 is 0 Å². The lowest BCUT2D eigenvalue weighted by Gasteiger charge is -2.22. The molecule has 0 saturated carbocycles. The third-order valence-corrected chi connectivity index (χ3v) is 6.09. The Morgan fingerprint density at radius 2 is 1.63 bits per heavy atom. The van der Waals surface area contributed by atoms with Crippen molar-refractivity contribution in [2.24, 2.45) is 0 Å². The van der Waals surface area contributed by atoms with E-state index in [4.69, 9.17) is 0 Å². The molecule has 6 heteroatoms. The molecule has 0 radical (unpaired) electrons. The number of aromatic nitrogens is 1. The number of rotatable bonds is 7. The number of hydrogen-bond donors (Lipinski definition) is 0. The van der Waals surface area contributed by atoms with Crippen molar-refractivity contribution in [2.45, 2.75) is 31.3 Å². The highest BCUT2D eigenvalue weighted by Gasteiger charge is 2.25. The molecule has 0 N–H and O–H groups in total. The molecule has 0 atom stereocenters. The Balaban J connectivity index is 1.95. The first-order valence-corrected chi connectivity index (χ1v) is 10.2. The first-order valence-electron chi connectivity index (χ1n) is 8.71. The topological polar surface area (TPSA) is 50.3 Å². The second-order valence-corrected chi connectivity index (χ2v) is 8.20. The monoisotopic (exact) mass is 384 g/mol. The molecular formula is C21H21FN2O2S. The van der Waals surface area contributed by atoms with Gasteiger partial charge in [-0.15, -0.1) is 0 Å². The van der Waals surface area contributed by atoms with Crippen molar-refractivity contribution in [3.8, 4) is 0 Å². The molecule has 0 unspecified atom stereocenters. The van der Waals surface area contributed by atoms with E-state index in [0.29, 0.717) is 0 Å². The molecule has 0 aliphatic rings. The van der Waals surface area contributed by atoms with Gasteiger partial charge in [0.05, 0.1) is 4.90 Å². The number of halogens is 1. The maximum atomic E-state index is 13.6. The molecule has 1 aromatic heterocycles. The van der Waals surface area contributed by atoms with Gasteiger partial charge < -0.3 is 0 Å². The van der Waals surface area contributed by atoms with Gasteiger partial charge in [-0.3, -0.25) is 4.98 Å². The Bertz CT molecular complexity index is 990. The summed E-state index contributed by atoms with van der Waals surface area (Å²) in [5.74, 6) is -0.579. The van der Waals surface area contributed by atoms with Crippen LogP contribution < -0.4 is 0 Å². The van der Waals surface area contributed by atoms with Gasteiger partial charge in [0.15, 0.2) is 0 Å². The van der Waals surface area contributed by atoms with Crippen LogP contribution in [0, 0.1) is 5.82 Å². The van der Waals surface area contributed by atoms with Gasteiger partial charge in [0.1, 0.15) is 5.82 Å². The van der Waals surface area contributed by atoms with Gasteiger partial charge in [0.25, 0.3) is 0 Å². The van der Waals surface area contributed by atoms with E-state index in [1.54, 1.807) is 18.5 Å². The van der Waals surface area contributed by atoms with Crippen molar-refractivity contribution in [3.05, 3.63) is 95.6 Å². The summed E-state index contributed by atoms with van der Waals surface area (Å²) in [6.45, 7) is 2.41. The number of sulfonamides is 1. The van der Waals surface area contributed by atoms with Gasteiger partial charge >= 0.3 is 0 Å². The molecule has 3 rings (SSSR count). The Kier molecular flexibility index (Phi) is 5.98. The number of nitrogens with zero attached hydrogens (tertiary/aromatic N) is 2. The molecule has 140 valence electrons. The van der Waals surface area contributed by atoms with Crippen LogP contribution in [-0.2, 0) is 29.5 Å². The van der Waals surface area contributed by atoms with Crippen LogP contribution in [0.2, 0.25) is 0 Å².